The first-order chi connectivity index (χ1) is 16.5. The summed E-state index contributed by atoms with van der Waals surface area (Å²) < 4.78 is 6.60. The molecule has 1 aromatic heterocycles. The fourth-order valence-corrected chi connectivity index (χ4v) is 4.70. The molecule has 0 aliphatic carbocycles. The van der Waals surface area contributed by atoms with Crippen molar-refractivity contribution in [2.24, 2.45) is 0 Å². The van der Waals surface area contributed by atoms with Crippen LogP contribution in [0.5, 0.6) is 0 Å². The zero-order valence-corrected chi connectivity index (χ0v) is 20.3. The highest BCUT2D eigenvalue weighted by Crippen LogP contribution is 2.21. The number of nitrogens with one attached hydrogen (secondary N) is 1. The second-order valence-corrected chi connectivity index (χ2v) is 9.14. The quantitative estimate of drug-likeness (QED) is 0.449. The number of methoxy groups -OCH3 is 1. The second kappa shape index (κ2) is 11.6. The lowest BCUT2D eigenvalue weighted by Crippen LogP contribution is -2.39. The summed E-state index contributed by atoms with van der Waals surface area (Å²) in [6.07, 6.45) is 3.09. The van der Waals surface area contributed by atoms with Gasteiger partial charge in [0, 0.05) is 49.5 Å². The van der Waals surface area contributed by atoms with E-state index in [2.05, 4.69) is 10.2 Å². The van der Waals surface area contributed by atoms with Crippen LogP contribution < -0.4 is 10.9 Å². The van der Waals surface area contributed by atoms with E-state index in [0.29, 0.717) is 49.5 Å². The van der Waals surface area contributed by atoms with Gasteiger partial charge in [0.2, 0.25) is 5.91 Å². The molecule has 0 bridgehead atoms. The number of hydrogen-bond acceptors (Lipinski definition) is 5. The average molecular weight is 483 g/mol. The van der Waals surface area contributed by atoms with Crippen LogP contribution in [0, 0.1) is 0 Å². The van der Waals surface area contributed by atoms with Crippen LogP contribution in [0.1, 0.15) is 30.5 Å². The molecule has 180 valence electrons. The van der Waals surface area contributed by atoms with E-state index in [4.69, 9.17) is 21.4 Å². The summed E-state index contributed by atoms with van der Waals surface area (Å²) in [5.41, 5.74) is 1.90. The number of halogens is 1. The monoisotopic (exact) mass is 482 g/mol. The van der Waals surface area contributed by atoms with Crippen molar-refractivity contribution in [3.8, 4) is 0 Å². The largest absolute Gasteiger partial charge is 0.383 e. The number of aromatic nitrogens is 2. The lowest BCUT2D eigenvalue weighted by atomic mass is 10.0. The van der Waals surface area contributed by atoms with E-state index in [-0.39, 0.29) is 17.5 Å². The van der Waals surface area contributed by atoms with Crippen LogP contribution in [-0.4, -0.2) is 60.0 Å². The highest BCUT2D eigenvalue weighted by Gasteiger charge is 2.26. The third-order valence-electron chi connectivity index (χ3n) is 6.37. The fourth-order valence-electron chi connectivity index (χ4n) is 4.58. The topological polar surface area (TPSA) is 76.5 Å². The Morgan fingerprint density at radius 2 is 1.94 bits per heavy atom. The molecule has 2 heterocycles. The van der Waals surface area contributed by atoms with Gasteiger partial charge in [-0.2, -0.15) is 5.10 Å². The summed E-state index contributed by atoms with van der Waals surface area (Å²) in [6.45, 7) is 3.14. The van der Waals surface area contributed by atoms with Gasteiger partial charge in [0.05, 0.1) is 24.2 Å². The molecule has 0 radical (unpaired) electrons. The highest BCUT2D eigenvalue weighted by molar-refractivity contribution is 6.30. The third kappa shape index (κ3) is 6.03. The SMILES string of the molecule is COCCNC(=O)CCN1CCCC1Cn1nc(Cc2ccc(Cl)cc2)c2ccccc2c1=O. The molecule has 4 rings (SSSR count). The molecule has 3 aromatic rings. The van der Waals surface area contributed by atoms with Crippen molar-refractivity contribution in [2.75, 3.05) is 33.4 Å². The Balaban J connectivity index is 1.52. The maximum absolute atomic E-state index is 13.3. The van der Waals surface area contributed by atoms with E-state index < -0.39 is 0 Å². The summed E-state index contributed by atoms with van der Waals surface area (Å²) >= 11 is 6.05. The normalized spacial score (nSPS) is 16.2. The van der Waals surface area contributed by atoms with Crippen molar-refractivity contribution in [1.82, 2.24) is 20.0 Å². The number of hydrogen-bond donors (Lipinski definition) is 1. The van der Waals surface area contributed by atoms with Gasteiger partial charge in [-0.05, 0) is 43.1 Å². The Kier molecular flexibility index (Phi) is 8.32. The van der Waals surface area contributed by atoms with Crippen molar-refractivity contribution in [3.05, 3.63) is 75.2 Å². The van der Waals surface area contributed by atoms with Crippen LogP contribution in [0.25, 0.3) is 10.8 Å². The van der Waals surface area contributed by atoms with Crippen molar-refractivity contribution in [1.29, 1.82) is 0 Å². The molecule has 1 amide bonds. The fraction of sp³-hybridized carbons (Fsp3) is 0.423. The minimum Gasteiger partial charge on any atom is -0.383 e. The van der Waals surface area contributed by atoms with Crippen LogP contribution >= 0.6 is 11.6 Å². The third-order valence-corrected chi connectivity index (χ3v) is 6.62. The summed E-state index contributed by atoms with van der Waals surface area (Å²) in [6, 6.07) is 15.6. The molecule has 1 atom stereocenters. The standard InChI is InChI=1S/C26H31ClN4O3/c1-34-16-13-28-25(32)12-15-30-14-4-5-21(30)18-31-26(33)23-7-3-2-6-22(23)24(29-31)17-19-8-10-20(27)11-9-19/h2-3,6-11,21H,4-5,12-18H2,1H3,(H,28,32). The van der Waals surface area contributed by atoms with Gasteiger partial charge < -0.3 is 10.1 Å². The van der Waals surface area contributed by atoms with Gasteiger partial charge in [0.1, 0.15) is 0 Å². The second-order valence-electron chi connectivity index (χ2n) is 8.71. The first kappa shape index (κ1) is 24.4. The maximum Gasteiger partial charge on any atom is 0.274 e. The average Bonchev–Trinajstić information content (AvgIpc) is 3.29. The number of nitrogens with zero attached hydrogens (tertiary/aromatic N) is 3. The van der Waals surface area contributed by atoms with E-state index in [0.717, 1.165) is 36.0 Å². The summed E-state index contributed by atoms with van der Waals surface area (Å²) in [4.78, 5) is 27.7. The maximum atomic E-state index is 13.3. The molecule has 1 saturated heterocycles. The van der Waals surface area contributed by atoms with Gasteiger partial charge in [-0.3, -0.25) is 14.5 Å². The summed E-state index contributed by atoms with van der Waals surface area (Å²) in [7, 11) is 1.62. The Morgan fingerprint density at radius 1 is 1.18 bits per heavy atom. The number of amides is 1. The number of fused-ring (bicyclic) bond motifs is 1. The van der Waals surface area contributed by atoms with Crippen molar-refractivity contribution in [3.63, 3.8) is 0 Å². The van der Waals surface area contributed by atoms with E-state index in [1.54, 1.807) is 11.8 Å². The molecule has 8 heteroatoms. The molecule has 1 aliphatic heterocycles. The van der Waals surface area contributed by atoms with Gasteiger partial charge in [-0.25, -0.2) is 4.68 Å². The predicted molar refractivity (Wildman–Crippen MR) is 134 cm³/mol. The van der Waals surface area contributed by atoms with Crippen LogP contribution in [0.4, 0.5) is 0 Å². The molecule has 34 heavy (non-hydrogen) atoms. The lowest BCUT2D eigenvalue weighted by Gasteiger charge is -2.25. The smallest absolute Gasteiger partial charge is 0.274 e. The molecule has 7 nitrogen and oxygen atoms in total. The van der Waals surface area contributed by atoms with Crippen LogP contribution in [0.3, 0.4) is 0 Å². The highest BCUT2D eigenvalue weighted by atomic mass is 35.5. The number of benzene rings is 2. The lowest BCUT2D eigenvalue weighted by molar-refractivity contribution is -0.121. The zero-order chi connectivity index (χ0) is 23.9. The number of carbonyl (C=O) groups excluding carboxylic acids is 1. The van der Waals surface area contributed by atoms with E-state index in [1.165, 1.54) is 0 Å². The van der Waals surface area contributed by atoms with Crippen LogP contribution in [0.15, 0.2) is 53.3 Å². The number of likely N-dealkylation sites (tertiary alicyclic amines) is 1. The first-order valence-electron chi connectivity index (χ1n) is 11.8. The van der Waals surface area contributed by atoms with Crippen molar-refractivity contribution < 1.29 is 9.53 Å². The Bertz CT molecular complexity index is 1180. The van der Waals surface area contributed by atoms with Crippen LogP contribution in [-0.2, 0) is 22.5 Å². The molecule has 1 fully saturated rings. The molecule has 2 aromatic carbocycles. The minimum absolute atomic E-state index is 0.0222. The van der Waals surface area contributed by atoms with Gasteiger partial charge in [0.25, 0.3) is 5.56 Å². The number of ether oxygens (including phenoxy) is 1. The van der Waals surface area contributed by atoms with Crippen LogP contribution in [0.2, 0.25) is 5.02 Å². The van der Waals surface area contributed by atoms with Gasteiger partial charge in [0.15, 0.2) is 0 Å². The molecular weight excluding hydrogens is 452 g/mol. The zero-order valence-electron chi connectivity index (χ0n) is 19.5. The molecule has 0 spiro atoms. The Labute approximate surface area is 204 Å². The van der Waals surface area contributed by atoms with E-state index in [1.807, 2.05) is 48.5 Å². The number of carbonyl (C=O) groups is 1. The molecule has 0 saturated carbocycles. The molecule has 1 N–H and O–H groups in total. The minimum atomic E-state index is -0.0698. The van der Waals surface area contributed by atoms with Gasteiger partial charge in [-0.1, -0.05) is 41.9 Å². The summed E-state index contributed by atoms with van der Waals surface area (Å²) in [5, 5.41) is 9.94. The first-order valence-corrected chi connectivity index (χ1v) is 12.2. The predicted octanol–water partition coefficient (Wildman–Crippen LogP) is 3.26. The Hall–Kier alpha value is -2.74. The van der Waals surface area contributed by atoms with Crippen molar-refractivity contribution >= 4 is 28.3 Å². The van der Waals surface area contributed by atoms with E-state index >= 15 is 0 Å². The van der Waals surface area contributed by atoms with E-state index in [9.17, 15) is 9.59 Å². The molecule has 1 unspecified atom stereocenters. The molecule has 1 aliphatic rings. The number of rotatable bonds is 10. The van der Waals surface area contributed by atoms with Crippen molar-refractivity contribution in [2.45, 2.75) is 38.3 Å². The van der Waals surface area contributed by atoms with Gasteiger partial charge in [-0.15, -0.1) is 0 Å². The summed E-state index contributed by atoms with van der Waals surface area (Å²) in [5.74, 6) is 0.0222. The van der Waals surface area contributed by atoms with Gasteiger partial charge >= 0.3 is 0 Å². The molecular formula is C26H31ClN4O3. The Morgan fingerprint density at radius 3 is 2.71 bits per heavy atom.